The number of rotatable bonds is 6. The van der Waals surface area contributed by atoms with E-state index in [9.17, 15) is 9.59 Å². The topological polar surface area (TPSA) is 49.4 Å². The molecular formula is C21H24Cl2N2O2. The number of amides is 2. The van der Waals surface area contributed by atoms with E-state index in [4.69, 9.17) is 23.2 Å². The normalized spacial score (nSPS) is 12.0. The van der Waals surface area contributed by atoms with Crippen molar-refractivity contribution in [1.82, 2.24) is 10.2 Å². The predicted octanol–water partition coefficient (Wildman–Crippen LogP) is 4.71. The van der Waals surface area contributed by atoms with Crippen LogP contribution in [0.15, 0.2) is 42.5 Å². The monoisotopic (exact) mass is 406 g/mol. The van der Waals surface area contributed by atoms with E-state index in [1.54, 1.807) is 36.2 Å². The summed E-state index contributed by atoms with van der Waals surface area (Å²) in [4.78, 5) is 27.2. The molecule has 2 rings (SSSR count). The summed E-state index contributed by atoms with van der Waals surface area (Å²) in [6.45, 7) is 5.98. The van der Waals surface area contributed by atoms with Crippen molar-refractivity contribution in [3.8, 4) is 0 Å². The lowest BCUT2D eigenvalue weighted by Gasteiger charge is -2.27. The zero-order valence-electron chi connectivity index (χ0n) is 15.9. The van der Waals surface area contributed by atoms with E-state index in [0.717, 1.165) is 11.1 Å². The zero-order valence-corrected chi connectivity index (χ0v) is 17.4. The SMILES string of the molecule is Cc1ccccc1C(=O)N[C@@H](C(=O)N(C)Cc1cccc(Cl)c1Cl)C(C)C. The molecule has 0 unspecified atom stereocenters. The molecule has 0 saturated carbocycles. The van der Waals surface area contributed by atoms with Gasteiger partial charge in [-0.2, -0.15) is 0 Å². The lowest BCUT2D eigenvalue weighted by atomic mass is 10.0. The highest BCUT2D eigenvalue weighted by Gasteiger charge is 2.28. The van der Waals surface area contributed by atoms with Gasteiger partial charge in [-0.25, -0.2) is 0 Å². The molecule has 0 saturated heterocycles. The number of benzene rings is 2. The smallest absolute Gasteiger partial charge is 0.252 e. The maximum atomic E-state index is 13.0. The van der Waals surface area contributed by atoms with Crippen molar-refractivity contribution in [2.75, 3.05) is 7.05 Å². The van der Waals surface area contributed by atoms with Gasteiger partial charge in [-0.05, 0) is 36.1 Å². The number of likely N-dealkylation sites (N-methyl/N-ethyl adjacent to an activating group) is 1. The first kappa shape index (κ1) is 21.3. The number of hydrogen-bond acceptors (Lipinski definition) is 2. The summed E-state index contributed by atoms with van der Waals surface area (Å²) in [6, 6.07) is 12.0. The van der Waals surface area contributed by atoms with Crippen LogP contribution in [0.25, 0.3) is 0 Å². The van der Waals surface area contributed by atoms with Crippen molar-refractivity contribution in [3.05, 3.63) is 69.2 Å². The summed E-state index contributed by atoms with van der Waals surface area (Å²) < 4.78 is 0. The molecule has 0 aliphatic carbocycles. The average Bonchev–Trinajstić information content (AvgIpc) is 2.62. The second-order valence-corrected chi connectivity index (χ2v) is 7.70. The second-order valence-electron chi connectivity index (χ2n) is 6.92. The maximum Gasteiger partial charge on any atom is 0.252 e. The van der Waals surface area contributed by atoms with E-state index in [2.05, 4.69) is 5.32 Å². The van der Waals surface area contributed by atoms with Gasteiger partial charge in [0.25, 0.3) is 5.91 Å². The van der Waals surface area contributed by atoms with Crippen LogP contribution in [0, 0.1) is 12.8 Å². The van der Waals surface area contributed by atoms with E-state index in [1.165, 1.54) is 0 Å². The molecule has 2 amide bonds. The van der Waals surface area contributed by atoms with Gasteiger partial charge >= 0.3 is 0 Å². The number of hydrogen-bond donors (Lipinski definition) is 1. The van der Waals surface area contributed by atoms with Crippen molar-refractivity contribution in [2.24, 2.45) is 5.92 Å². The summed E-state index contributed by atoms with van der Waals surface area (Å²) in [5.74, 6) is -0.500. The maximum absolute atomic E-state index is 13.0. The molecular weight excluding hydrogens is 383 g/mol. The van der Waals surface area contributed by atoms with Gasteiger partial charge in [0, 0.05) is 19.2 Å². The largest absolute Gasteiger partial charge is 0.340 e. The van der Waals surface area contributed by atoms with Crippen LogP contribution in [-0.4, -0.2) is 29.8 Å². The Kier molecular flexibility index (Phi) is 7.28. The molecule has 0 aliphatic heterocycles. The first-order valence-electron chi connectivity index (χ1n) is 8.76. The van der Waals surface area contributed by atoms with Crippen LogP contribution in [0.5, 0.6) is 0 Å². The summed E-state index contributed by atoms with van der Waals surface area (Å²) in [6.07, 6.45) is 0. The van der Waals surface area contributed by atoms with Crippen molar-refractivity contribution in [1.29, 1.82) is 0 Å². The molecule has 2 aromatic rings. The van der Waals surface area contributed by atoms with Gasteiger partial charge in [0.05, 0.1) is 10.0 Å². The van der Waals surface area contributed by atoms with Crippen LogP contribution < -0.4 is 5.32 Å². The van der Waals surface area contributed by atoms with Crippen molar-refractivity contribution in [2.45, 2.75) is 33.4 Å². The minimum Gasteiger partial charge on any atom is -0.340 e. The standard InChI is InChI=1S/C21H24Cl2N2O2/c1-13(2)19(24-20(26)16-10-6-5-8-14(16)3)21(27)25(4)12-15-9-7-11-17(22)18(15)23/h5-11,13,19H,12H2,1-4H3,(H,24,26)/t19-/m1/s1. The van der Waals surface area contributed by atoms with Crippen molar-refractivity contribution in [3.63, 3.8) is 0 Å². The van der Waals surface area contributed by atoms with Crippen LogP contribution in [0.4, 0.5) is 0 Å². The van der Waals surface area contributed by atoms with Gasteiger partial charge in [-0.15, -0.1) is 0 Å². The Hall–Kier alpha value is -2.04. The number of halogens is 2. The molecule has 0 heterocycles. The van der Waals surface area contributed by atoms with E-state index in [-0.39, 0.29) is 17.7 Å². The lowest BCUT2D eigenvalue weighted by Crippen LogP contribution is -2.50. The molecule has 27 heavy (non-hydrogen) atoms. The van der Waals surface area contributed by atoms with Crippen LogP contribution in [0.2, 0.25) is 10.0 Å². The summed E-state index contributed by atoms with van der Waals surface area (Å²) in [7, 11) is 1.69. The molecule has 0 aromatic heterocycles. The number of nitrogens with one attached hydrogen (secondary N) is 1. The number of nitrogens with zero attached hydrogens (tertiary/aromatic N) is 1. The Bertz CT molecular complexity index is 837. The minimum atomic E-state index is -0.639. The highest BCUT2D eigenvalue weighted by molar-refractivity contribution is 6.42. The molecule has 1 N–H and O–H groups in total. The minimum absolute atomic E-state index is 0.0669. The molecule has 2 aromatic carbocycles. The number of carbonyl (C=O) groups is 2. The summed E-state index contributed by atoms with van der Waals surface area (Å²) >= 11 is 12.3. The Balaban J connectivity index is 2.15. The fraction of sp³-hybridized carbons (Fsp3) is 0.333. The molecule has 0 aliphatic rings. The van der Waals surface area contributed by atoms with Gasteiger partial charge in [0.2, 0.25) is 5.91 Å². The zero-order chi connectivity index (χ0) is 20.1. The Morgan fingerprint density at radius 3 is 2.37 bits per heavy atom. The van der Waals surface area contributed by atoms with Gasteiger partial charge in [0.1, 0.15) is 6.04 Å². The Morgan fingerprint density at radius 2 is 1.74 bits per heavy atom. The van der Waals surface area contributed by atoms with Crippen molar-refractivity contribution >= 4 is 35.0 Å². The van der Waals surface area contributed by atoms with Gasteiger partial charge < -0.3 is 10.2 Å². The third-order valence-electron chi connectivity index (χ3n) is 4.42. The first-order chi connectivity index (χ1) is 12.7. The van der Waals surface area contributed by atoms with Crippen LogP contribution in [-0.2, 0) is 11.3 Å². The first-order valence-corrected chi connectivity index (χ1v) is 9.52. The highest BCUT2D eigenvalue weighted by atomic mass is 35.5. The average molecular weight is 407 g/mol. The molecule has 0 spiro atoms. The van der Waals surface area contributed by atoms with E-state index < -0.39 is 6.04 Å². The molecule has 0 fully saturated rings. The summed E-state index contributed by atoms with van der Waals surface area (Å²) in [5.41, 5.74) is 2.19. The van der Waals surface area contributed by atoms with Gasteiger partial charge in [0.15, 0.2) is 0 Å². The fourth-order valence-electron chi connectivity index (χ4n) is 2.80. The Labute approximate surface area is 170 Å². The predicted molar refractivity (Wildman–Crippen MR) is 110 cm³/mol. The quantitative estimate of drug-likeness (QED) is 0.754. The van der Waals surface area contributed by atoms with Crippen LogP contribution in [0.3, 0.4) is 0 Å². The third kappa shape index (κ3) is 5.24. The number of aryl methyl sites for hydroxylation is 1. The summed E-state index contributed by atoms with van der Waals surface area (Å²) in [5, 5.41) is 3.76. The molecule has 0 bridgehead atoms. The van der Waals surface area contributed by atoms with E-state index in [0.29, 0.717) is 22.2 Å². The third-order valence-corrected chi connectivity index (χ3v) is 5.28. The van der Waals surface area contributed by atoms with E-state index >= 15 is 0 Å². The fourth-order valence-corrected chi connectivity index (χ4v) is 3.18. The van der Waals surface area contributed by atoms with Crippen LogP contribution >= 0.6 is 23.2 Å². The molecule has 1 atom stereocenters. The molecule has 0 radical (unpaired) electrons. The number of carbonyl (C=O) groups excluding carboxylic acids is 2. The Morgan fingerprint density at radius 1 is 1.07 bits per heavy atom. The van der Waals surface area contributed by atoms with E-state index in [1.807, 2.05) is 39.0 Å². The van der Waals surface area contributed by atoms with Crippen LogP contribution in [0.1, 0.15) is 35.3 Å². The molecule has 144 valence electrons. The molecule has 4 nitrogen and oxygen atoms in total. The van der Waals surface area contributed by atoms with Gasteiger partial charge in [-0.3, -0.25) is 9.59 Å². The second kappa shape index (κ2) is 9.25. The lowest BCUT2D eigenvalue weighted by molar-refractivity contribution is -0.133. The molecule has 6 heteroatoms. The van der Waals surface area contributed by atoms with Crippen molar-refractivity contribution < 1.29 is 9.59 Å². The van der Waals surface area contributed by atoms with Gasteiger partial charge in [-0.1, -0.05) is 67.4 Å². The highest BCUT2D eigenvalue weighted by Crippen LogP contribution is 2.26.